The van der Waals surface area contributed by atoms with E-state index in [2.05, 4.69) is 4.98 Å². The van der Waals surface area contributed by atoms with E-state index in [1.807, 2.05) is 37.3 Å². The maximum Gasteiger partial charge on any atom is 0.411 e. The Bertz CT molecular complexity index is 759. The molecule has 1 aromatic heterocycles. The van der Waals surface area contributed by atoms with Crippen molar-refractivity contribution in [2.75, 3.05) is 0 Å². The molecule has 1 saturated carbocycles. The highest BCUT2D eigenvalue weighted by molar-refractivity contribution is 5.82. The van der Waals surface area contributed by atoms with E-state index in [4.69, 9.17) is 4.74 Å². The van der Waals surface area contributed by atoms with E-state index in [0.717, 1.165) is 24.0 Å². The summed E-state index contributed by atoms with van der Waals surface area (Å²) in [5.41, 5.74) is 2.15. The Morgan fingerprint density at radius 2 is 2.00 bits per heavy atom. The number of hydrogen-bond donors (Lipinski definition) is 1. The fourth-order valence-electron chi connectivity index (χ4n) is 2.78. The number of aryl methyl sites for hydroxylation is 1. The number of pyridine rings is 1. The smallest absolute Gasteiger partial charge is 0.411 e. The number of rotatable bonds is 6. The molecule has 130 valence electrons. The van der Waals surface area contributed by atoms with Gasteiger partial charge in [0.05, 0.1) is 0 Å². The summed E-state index contributed by atoms with van der Waals surface area (Å²) in [5, 5.41) is 9.76. The van der Waals surface area contributed by atoms with Crippen LogP contribution in [0.5, 0.6) is 0 Å². The average molecular weight is 340 g/mol. The molecular weight excluding hydrogens is 320 g/mol. The Labute approximate surface area is 146 Å². The third-order valence-corrected chi connectivity index (χ3v) is 4.24. The molecular formula is C19H20N2O4. The highest BCUT2D eigenvalue weighted by atomic mass is 16.6. The Morgan fingerprint density at radius 3 is 2.60 bits per heavy atom. The number of aromatic nitrogens is 1. The van der Waals surface area contributed by atoms with Gasteiger partial charge in [0.1, 0.15) is 6.61 Å². The Balaban J connectivity index is 1.82. The number of amides is 1. The molecule has 1 unspecified atom stereocenters. The molecule has 1 fully saturated rings. The van der Waals surface area contributed by atoms with Gasteiger partial charge < -0.3 is 9.84 Å². The first-order valence-electron chi connectivity index (χ1n) is 8.20. The van der Waals surface area contributed by atoms with E-state index < -0.39 is 18.1 Å². The number of benzene rings is 1. The number of carboxylic acid groups (broad SMARTS) is 1. The lowest BCUT2D eigenvalue weighted by atomic mass is 10.0. The molecule has 1 aliphatic carbocycles. The van der Waals surface area contributed by atoms with Crippen molar-refractivity contribution >= 4 is 12.1 Å². The van der Waals surface area contributed by atoms with Gasteiger partial charge in [-0.3, -0.25) is 9.88 Å². The van der Waals surface area contributed by atoms with Gasteiger partial charge in [-0.05, 0) is 37.0 Å². The van der Waals surface area contributed by atoms with Gasteiger partial charge in [-0.1, -0.05) is 30.3 Å². The molecule has 1 aliphatic rings. The Kier molecular flexibility index (Phi) is 4.97. The lowest BCUT2D eigenvalue weighted by Crippen LogP contribution is -2.41. The van der Waals surface area contributed by atoms with Crippen molar-refractivity contribution in [2.45, 2.75) is 38.5 Å². The lowest BCUT2D eigenvalue weighted by Gasteiger charge is -2.29. The predicted octanol–water partition coefficient (Wildman–Crippen LogP) is 3.32. The number of carboxylic acids is 1. The minimum Gasteiger partial charge on any atom is -0.479 e. The van der Waals surface area contributed by atoms with Crippen LogP contribution in [0.2, 0.25) is 0 Å². The molecule has 3 rings (SSSR count). The zero-order chi connectivity index (χ0) is 17.8. The van der Waals surface area contributed by atoms with E-state index in [9.17, 15) is 14.7 Å². The molecule has 1 atom stereocenters. The summed E-state index contributed by atoms with van der Waals surface area (Å²) < 4.78 is 5.39. The van der Waals surface area contributed by atoms with Crippen molar-refractivity contribution in [3.63, 3.8) is 0 Å². The van der Waals surface area contributed by atoms with Gasteiger partial charge in [-0.2, -0.15) is 0 Å². The first-order valence-corrected chi connectivity index (χ1v) is 8.20. The molecule has 6 nitrogen and oxygen atoms in total. The van der Waals surface area contributed by atoms with Gasteiger partial charge in [0.2, 0.25) is 0 Å². The van der Waals surface area contributed by atoms with Crippen molar-refractivity contribution in [2.24, 2.45) is 0 Å². The maximum absolute atomic E-state index is 12.6. The second-order valence-corrected chi connectivity index (χ2v) is 6.15. The van der Waals surface area contributed by atoms with E-state index in [-0.39, 0.29) is 12.6 Å². The van der Waals surface area contributed by atoms with E-state index in [0.29, 0.717) is 5.56 Å². The van der Waals surface area contributed by atoms with Crippen LogP contribution in [0.1, 0.15) is 35.6 Å². The molecule has 0 radical (unpaired) electrons. The summed E-state index contributed by atoms with van der Waals surface area (Å²) in [7, 11) is 0. The monoisotopic (exact) mass is 340 g/mol. The van der Waals surface area contributed by atoms with Crippen LogP contribution in [-0.2, 0) is 16.1 Å². The number of aliphatic carboxylic acids is 1. The molecule has 1 amide bonds. The van der Waals surface area contributed by atoms with Crippen LogP contribution >= 0.6 is 0 Å². The molecule has 0 spiro atoms. The fraction of sp³-hybridized carbons (Fsp3) is 0.316. The molecule has 25 heavy (non-hydrogen) atoms. The summed E-state index contributed by atoms with van der Waals surface area (Å²) in [4.78, 5) is 29.9. The molecule has 2 aromatic rings. The standard InChI is InChI=1S/C19H20N2O4/c1-13-9-10-20-11-16(13)17(18(22)23)21(15-7-8-15)19(24)25-12-14-5-3-2-4-6-14/h2-6,9-11,15,17H,7-8,12H2,1H3,(H,22,23). The zero-order valence-electron chi connectivity index (χ0n) is 14.0. The van der Waals surface area contributed by atoms with Gasteiger partial charge in [0, 0.05) is 24.0 Å². The second-order valence-electron chi connectivity index (χ2n) is 6.15. The van der Waals surface area contributed by atoms with Crippen LogP contribution in [0.25, 0.3) is 0 Å². The summed E-state index contributed by atoms with van der Waals surface area (Å²) in [5.74, 6) is -1.08. The molecule has 0 bridgehead atoms. The average Bonchev–Trinajstić information content (AvgIpc) is 3.44. The van der Waals surface area contributed by atoms with E-state index in [1.54, 1.807) is 12.3 Å². The summed E-state index contributed by atoms with van der Waals surface area (Å²) in [6, 6.07) is 9.86. The van der Waals surface area contributed by atoms with Crippen LogP contribution in [-0.4, -0.2) is 33.1 Å². The molecule has 1 heterocycles. The van der Waals surface area contributed by atoms with Crippen LogP contribution in [0, 0.1) is 6.92 Å². The zero-order valence-corrected chi connectivity index (χ0v) is 14.0. The van der Waals surface area contributed by atoms with E-state index >= 15 is 0 Å². The van der Waals surface area contributed by atoms with Crippen molar-refractivity contribution in [1.29, 1.82) is 0 Å². The largest absolute Gasteiger partial charge is 0.479 e. The van der Waals surface area contributed by atoms with Crippen LogP contribution in [0.4, 0.5) is 4.79 Å². The molecule has 0 saturated heterocycles. The Morgan fingerprint density at radius 1 is 1.28 bits per heavy atom. The molecule has 0 aliphatic heterocycles. The molecule has 1 aromatic carbocycles. The summed E-state index contributed by atoms with van der Waals surface area (Å²) in [6.07, 6.45) is 4.07. The third-order valence-electron chi connectivity index (χ3n) is 4.24. The lowest BCUT2D eigenvalue weighted by molar-refractivity contribution is -0.143. The number of carbonyl (C=O) groups excluding carboxylic acids is 1. The van der Waals surface area contributed by atoms with Crippen molar-refractivity contribution in [1.82, 2.24) is 9.88 Å². The summed E-state index contributed by atoms with van der Waals surface area (Å²) >= 11 is 0. The SMILES string of the molecule is Cc1ccncc1C(C(=O)O)N(C(=O)OCc1ccccc1)C1CC1. The number of nitrogens with zero attached hydrogens (tertiary/aromatic N) is 2. The number of carbonyl (C=O) groups is 2. The van der Waals surface area contributed by atoms with Gasteiger partial charge in [-0.25, -0.2) is 9.59 Å². The van der Waals surface area contributed by atoms with Crippen molar-refractivity contribution in [3.05, 3.63) is 65.5 Å². The van der Waals surface area contributed by atoms with Gasteiger partial charge >= 0.3 is 12.1 Å². The minimum absolute atomic E-state index is 0.107. The minimum atomic E-state index is -1.09. The highest BCUT2D eigenvalue weighted by Gasteiger charge is 2.43. The fourth-order valence-corrected chi connectivity index (χ4v) is 2.78. The first-order chi connectivity index (χ1) is 12.1. The summed E-state index contributed by atoms with van der Waals surface area (Å²) in [6.45, 7) is 1.93. The van der Waals surface area contributed by atoms with Crippen molar-refractivity contribution in [3.8, 4) is 0 Å². The van der Waals surface area contributed by atoms with E-state index in [1.165, 1.54) is 11.1 Å². The van der Waals surface area contributed by atoms with Gasteiger partial charge in [0.25, 0.3) is 0 Å². The first kappa shape index (κ1) is 17.0. The normalized spacial score (nSPS) is 14.6. The van der Waals surface area contributed by atoms with Crippen LogP contribution in [0.15, 0.2) is 48.8 Å². The Hall–Kier alpha value is -2.89. The predicted molar refractivity (Wildman–Crippen MR) is 90.8 cm³/mol. The second kappa shape index (κ2) is 7.34. The topological polar surface area (TPSA) is 79.7 Å². The van der Waals surface area contributed by atoms with Gasteiger partial charge in [-0.15, -0.1) is 0 Å². The van der Waals surface area contributed by atoms with Gasteiger partial charge in [0.15, 0.2) is 6.04 Å². The molecule has 6 heteroatoms. The van der Waals surface area contributed by atoms with Crippen LogP contribution in [0.3, 0.4) is 0 Å². The van der Waals surface area contributed by atoms with Crippen LogP contribution < -0.4 is 0 Å². The number of hydrogen-bond acceptors (Lipinski definition) is 4. The quantitative estimate of drug-likeness (QED) is 0.872. The third kappa shape index (κ3) is 3.96. The molecule has 1 N–H and O–H groups in total. The van der Waals surface area contributed by atoms with Crippen molar-refractivity contribution < 1.29 is 19.4 Å². The highest BCUT2D eigenvalue weighted by Crippen LogP contribution is 2.36. The maximum atomic E-state index is 12.6. The number of ether oxygens (including phenoxy) is 1.